The molecule has 1 heterocycles. The fraction of sp³-hybridized carbons (Fsp3) is 0.304. The highest BCUT2D eigenvalue weighted by atomic mass is 32.2. The van der Waals surface area contributed by atoms with Crippen LogP contribution in [-0.2, 0) is 26.2 Å². The molecule has 1 aliphatic heterocycles. The summed E-state index contributed by atoms with van der Waals surface area (Å²) in [5.41, 5.74) is 4.78. The lowest BCUT2D eigenvalue weighted by Gasteiger charge is -2.31. The zero-order chi connectivity index (χ0) is 25.3. The van der Waals surface area contributed by atoms with Crippen molar-refractivity contribution in [3.05, 3.63) is 71.4 Å². The summed E-state index contributed by atoms with van der Waals surface area (Å²) in [5, 5.41) is 0. The number of benzene rings is 2. The van der Waals surface area contributed by atoms with Gasteiger partial charge >= 0.3 is 6.61 Å². The van der Waals surface area contributed by atoms with Crippen molar-refractivity contribution >= 4 is 26.7 Å². The van der Waals surface area contributed by atoms with Crippen LogP contribution in [0.5, 0.6) is 5.75 Å². The first-order chi connectivity index (χ1) is 15.8. The molecule has 2 N–H and O–H groups in total. The number of hydrogen-bond acceptors (Lipinski definition) is 6. The van der Waals surface area contributed by atoms with E-state index in [1.54, 1.807) is 57.2 Å². The molecule has 34 heavy (non-hydrogen) atoms. The molecule has 0 bridgehead atoms. The standard InChI is InChI=1S/C23H25F2N3O5S/c1-23(2,3)28-21(30)19(20(34(28,31)32)16-9-5-4-6-10-16)27(14-18(26)29)13-15-8-7-11-17(12-15)33-22(24)25/h4-12,22H,13-14H2,1-3H3,(H2,26,29). The zero-order valence-electron chi connectivity index (χ0n) is 18.9. The van der Waals surface area contributed by atoms with Gasteiger partial charge in [0.05, 0.1) is 12.1 Å². The van der Waals surface area contributed by atoms with E-state index in [0.29, 0.717) is 5.56 Å². The van der Waals surface area contributed by atoms with Gasteiger partial charge in [0, 0.05) is 6.54 Å². The first-order valence-electron chi connectivity index (χ1n) is 10.3. The third kappa shape index (κ3) is 5.19. The maximum Gasteiger partial charge on any atom is 0.387 e. The minimum Gasteiger partial charge on any atom is -0.435 e. The number of rotatable bonds is 8. The fourth-order valence-corrected chi connectivity index (χ4v) is 5.88. The maximum atomic E-state index is 13.6. The lowest BCUT2D eigenvalue weighted by Crippen LogP contribution is -2.47. The van der Waals surface area contributed by atoms with Crippen LogP contribution in [0.4, 0.5) is 8.78 Å². The van der Waals surface area contributed by atoms with Crippen LogP contribution in [0.1, 0.15) is 31.9 Å². The Balaban J connectivity index is 2.19. The van der Waals surface area contributed by atoms with Crippen LogP contribution < -0.4 is 10.5 Å². The highest BCUT2D eigenvalue weighted by molar-refractivity contribution is 7.99. The van der Waals surface area contributed by atoms with Gasteiger partial charge in [-0.05, 0) is 44.0 Å². The van der Waals surface area contributed by atoms with Crippen molar-refractivity contribution in [3.63, 3.8) is 0 Å². The number of carbonyl (C=O) groups excluding carboxylic acids is 2. The van der Waals surface area contributed by atoms with Gasteiger partial charge in [-0.2, -0.15) is 8.78 Å². The molecule has 0 radical (unpaired) electrons. The minimum absolute atomic E-state index is 0.120. The minimum atomic E-state index is -4.29. The molecule has 11 heteroatoms. The molecule has 8 nitrogen and oxygen atoms in total. The molecular formula is C23H25F2N3O5S. The van der Waals surface area contributed by atoms with Crippen LogP contribution in [0.3, 0.4) is 0 Å². The molecule has 2 amide bonds. The third-order valence-electron chi connectivity index (χ3n) is 4.91. The van der Waals surface area contributed by atoms with Crippen LogP contribution in [0.15, 0.2) is 60.3 Å². The summed E-state index contributed by atoms with van der Waals surface area (Å²) in [6.07, 6.45) is 0. The zero-order valence-corrected chi connectivity index (χ0v) is 19.7. The number of ether oxygens (including phenoxy) is 1. The Hall–Kier alpha value is -3.47. The average Bonchev–Trinajstić information content (AvgIpc) is 2.92. The lowest BCUT2D eigenvalue weighted by atomic mass is 10.1. The van der Waals surface area contributed by atoms with Gasteiger partial charge in [-0.15, -0.1) is 0 Å². The second-order valence-corrected chi connectivity index (χ2v) is 10.4. The van der Waals surface area contributed by atoms with Crippen LogP contribution >= 0.6 is 0 Å². The molecule has 2 aromatic carbocycles. The number of halogens is 2. The summed E-state index contributed by atoms with van der Waals surface area (Å²) >= 11 is 0. The van der Waals surface area contributed by atoms with E-state index in [1.165, 1.54) is 23.1 Å². The maximum absolute atomic E-state index is 13.6. The van der Waals surface area contributed by atoms with Crippen molar-refractivity contribution in [3.8, 4) is 5.75 Å². The first-order valence-corrected chi connectivity index (χ1v) is 11.7. The van der Waals surface area contributed by atoms with Gasteiger partial charge in [0.15, 0.2) is 0 Å². The largest absolute Gasteiger partial charge is 0.435 e. The van der Waals surface area contributed by atoms with E-state index in [0.717, 1.165) is 4.31 Å². The van der Waals surface area contributed by atoms with Gasteiger partial charge in [-0.25, -0.2) is 12.7 Å². The molecule has 0 spiro atoms. The van der Waals surface area contributed by atoms with Gasteiger partial charge in [-0.1, -0.05) is 42.5 Å². The topological polar surface area (TPSA) is 110 Å². The summed E-state index contributed by atoms with van der Waals surface area (Å²) in [6.45, 7) is 1.07. The van der Waals surface area contributed by atoms with Crippen LogP contribution in [-0.4, -0.2) is 48.1 Å². The highest BCUT2D eigenvalue weighted by Gasteiger charge is 2.51. The number of nitrogens with two attached hydrogens (primary N) is 1. The van der Waals surface area contributed by atoms with Gasteiger partial charge in [0.1, 0.15) is 16.4 Å². The Labute approximate surface area is 196 Å². The number of sulfonamides is 1. The molecule has 0 aromatic heterocycles. The van der Waals surface area contributed by atoms with Crippen molar-refractivity contribution in [1.29, 1.82) is 0 Å². The van der Waals surface area contributed by atoms with Gasteiger partial charge in [0.2, 0.25) is 5.91 Å². The second kappa shape index (κ2) is 9.41. The molecule has 182 valence electrons. The first kappa shape index (κ1) is 25.2. The summed E-state index contributed by atoms with van der Waals surface area (Å²) < 4.78 is 57.7. The highest BCUT2D eigenvalue weighted by Crippen LogP contribution is 2.41. The molecular weight excluding hydrogens is 468 g/mol. The smallest absolute Gasteiger partial charge is 0.387 e. The Kier molecular flexibility index (Phi) is 6.97. The number of hydrogen-bond donors (Lipinski definition) is 1. The van der Waals surface area contributed by atoms with Crippen LogP contribution in [0.25, 0.3) is 4.91 Å². The molecule has 3 rings (SSSR count). The summed E-state index contributed by atoms with van der Waals surface area (Å²) in [6, 6.07) is 13.7. The van der Waals surface area contributed by atoms with E-state index in [9.17, 15) is 26.8 Å². The van der Waals surface area contributed by atoms with E-state index >= 15 is 0 Å². The number of carbonyl (C=O) groups is 2. The van der Waals surface area contributed by atoms with Gasteiger partial charge < -0.3 is 15.4 Å². The van der Waals surface area contributed by atoms with Crippen molar-refractivity contribution in [2.24, 2.45) is 5.73 Å². The Morgan fingerprint density at radius 2 is 1.76 bits per heavy atom. The second-order valence-electron chi connectivity index (χ2n) is 8.64. The number of nitrogens with zero attached hydrogens (tertiary/aromatic N) is 2. The molecule has 0 atom stereocenters. The predicted molar refractivity (Wildman–Crippen MR) is 122 cm³/mol. The molecule has 1 aliphatic rings. The van der Waals surface area contributed by atoms with E-state index in [-0.39, 0.29) is 28.5 Å². The van der Waals surface area contributed by atoms with Crippen LogP contribution in [0, 0.1) is 0 Å². The molecule has 0 saturated carbocycles. The molecule has 0 saturated heterocycles. The summed E-state index contributed by atoms with van der Waals surface area (Å²) in [7, 11) is -4.29. The van der Waals surface area contributed by atoms with E-state index in [1.807, 2.05) is 0 Å². The molecule has 0 fully saturated rings. The van der Waals surface area contributed by atoms with E-state index in [4.69, 9.17) is 5.73 Å². The Bertz CT molecular complexity index is 1220. The SMILES string of the molecule is CC(C)(C)N1C(=O)C(N(CC(N)=O)Cc2cccc(OC(F)F)c2)=C(c2ccccc2)S1(=O)=O. The third-order valence-corrected chi connectivity index (χ3v) is 7.04. The van der Waals surface area contributed by atoms with Crippen molar-refractivity contribution in [2.45, 2.75) is 39.5 Å². The average molecular weight is 494 g/mol. The van der Waals surface area contributed by atoms with Crippen molar-refractivity contribution in [2.75, 3.05) is 6.54 Å². The normalized spacial score (nSPS) is 15.7. The van der Waals surface area contributed by atoms with Gasteiger partial charge in [-0.3, -0.25) is 9.59 Å². The fourth-order valence-electron chi connectivity index (χ4n) is 3.78. The molecule has 0 unspecified atom stereocenters. The summed E-state index contributed by atoms with van der Waals surface area (Å²) in [5.74, 6) is -1.74. The molecule has 2 aromatic rings. The number of amides is 2. The Morgan fingerprint density at radius 1 is 1.12 bits per heavy atom. The number of primary amides is 1. The summed E-state index contributed by atoms with van der Waals surface area (Å²) in [4.78, 5) is 26.5. The van der Waals surface area contributed by atoms with E-state index < -0.39 is 40.5 Å². The van der Waals surface area contributed by atoms with Crippen molar-refractivity contribution < 1.29 is 31.5 Å². The quantitative estimate of drug-likeness (QED) is 0.606. The van der Waals surface area contributed by atoms with Crippen molar-refractivity contribution in [1.82, 2.24) is 9.21 Å². The van der Waals surface area contributed by atoms with Crippen LogP contribution in [0.2, 0.25) is 0 Å². The van der Waals surface area contributed by atoms with E-state index in [2.05, 4.69) is 4.74 Å². The lowest BCUT2D eigenvalue weighted by molar-refractivity contribution is -0.127. The Morgan fingerprint density at radius 3 is 2.32 bits per heavy atom. The molecule has 0 aliphatic carbocycles. The van der Waals surface area contributed by atoms with Gasteiger partial charge in [0.25, 0.3) is 15.9 Å². The predicted octanol–water partition coefficient (Wildman–Crippen LogP) is 2.91. The number of alkyl halides is 2. The monoisotopic (exact) mass is 493 g/mol.